The van der Waals surface area contributed by atoms with E-state index >= 15 is 0 Å². The van der Waals surface area contributed by atoms with E-state index in [4.69, 9.17) is 17.3 Å². The van der Waals surface area contributed by atoms with Gasteiger partial charge in [-0.3, -0.25) is 4.79 Å². The molecular weight excluding hydrogens is 351 g/mol. The molecular formula is C13H17BrCl2N2O. The van der Waals surface area contributed by atoms with Crippen molar-refractivity contribution in [2.75, 3.05) is 13.1 Å². The third-order valence-electron chi connectivity index (χ3n) is 3.41. The molecule has 1 fully saturated rings. The van der Waals surface area contributed by atoms with Gasteiger partial charge in [0.1, 0.15) is 0 Å². The molecule has 2 rings (SSSR count). The van der Waals surface area contributed by atoms with Crippen LogP contribution >= 0.6 is 39.9 Å². The standard InChI is InChI=1S/C13H16BrClN2O.ClH/c1-8(16)9-4-5-17(7-9)13(18)11-6-10(15)2-3-12(11)14;/h2-3,6,8-9H,4-5,7,16H2,1H3;1H. The number of likely N-dealkylation sites (tertiary alicyclic amines) is 1. The first-order valence-corrected chi connectivity index (χ1v) is 7.16. The average molecular weight is 368 g/mol. The van der Waals surface area contributed by atoms with Gasteiger partial charge in [0.15, 0.2) is 0 Å². The topological polar surface area (TPSA) is 46.3 Å². The molecule has 1 aromatic carbocycles. The van der Waals surface area contributed by atoms with Crippen LogP contribution in [0.1, 0.15) is 23.7 Å². The summed E-state index contributed by atoms with van der Waals surface area (Å²) in [5.41, 5.74) is 6.50. The summed E-state index contributed by atoms with van der Waals surface area (Å²) in [6.07, 6.45) is 0.974. The first kappa shape index (κ1) is 16.8. The molecule has 1 aliphatic rings. The number of amides is 1. The van der Waals surface area contributed by atoms with Crippen molar-refractivity contribution in [2.24, 2.45) is 11.7 Å². The van der Waals surface area contributed by atoms with E-state index in [9.17, 15) is 4.79 Å². The predicted molar refractivity (Wildman–Crippen MR) is 84.1 cm³/mol. The third-order valence-corrected chi connectivity index (χ3v) is 4.34. The Morgan fingerprint density at radius 3 is 2.84 bits per heavy atom. The number of hydrogen-bond donors (Lipinski definition) is 1. The van der Waals surface area contributed by atoms with E-state index in [2.05, 4.69) is 15.9 Å². The minimum atomic E-state index is 0. The molecule has 1 aliphatic heterocycles. The number of nitrogens with two attached hydrogens (primary N) is 1. The number of rotatable bonds is 2. The molecule has 0 spiro atoms. The van der Waals surface area contributed by atoms with Gasteiger partial charge in [-0.1, -0.05) is 11.6 Å². The Bertz CT molecular complexity index is 468. The maximum atomic E-state index is 12.4. The van der Waals surface area contributed by atoms with E-state index in [1.54, 1.807) is 18.2 Å². The molecule has 3 nitrogen and oxygen atoms in total. The molecule has 1 heterocycles. The first-order valence-electron chi connectivity index (χ1n) is 5.99. The summed E-state index contributed by atoms with van der Waals surface area (Å²) in [5.74, 6) is 0.416. The van der Waals surface area contributed by atoms with E-state index in [-0.39, 0.29) is 24.4 Å². The Morgan fingerprint density at radius 1 is 1.58 bits per heavy atom. The lowest BCUT2D eigenvalue weighted by Gasteiger charge is -2.19. The molecule has 1 amide bonds. The Balaban J connectivity index is 0.00000180. The Hall–Kier alpha value is -0.290. The van der Waals surface area contributed by atoms with E-state index < -0.39 is 0 Å². The van der Waals surface area contributed by atoms with E-state index in [1.165, 1.54) is 0 Å². The fourth-order valence-corrected chi connectivity index (χ4v) is 2.82. The van der Waals surface area contributed by atoms with Gasteiger partial charge in [0.2, 0.25) is 0 Å². The Kier molecular flexibility index (Phi) is 6.12. The van der Waals surface area contributed by atoms with Crippen LogP contribution in [0.25, 0.3) is 0 Å². The zero-order valence-electron chi connectivity index (χ0n) is 10.6. The summed E-state index contributed by atoms with van der Waals surface area (Å²) in [7, 11) is 0. The van der Waals surface area contributed by atoms with E-state index in [0.717, 1.165) is 24.0 Å². The van der Waals surface area contributed by atoms with Gasteiger partial charge in [0.25, 0.3) is 5.91 Å². The van der Waals surface area contributed by atoms with Crippen LogP contribution in [0.15, 0.2) is 22.7 Å². The molecule has 0 aromatic heterocycles. The van der Waals surface area contributed by atoms with Crippen LogP contribution in [0.5, 0.6) is 0 Å². The molecule has 2 unspecified atom stereocenters. The van der Waals surface area contributed by atoms with E-state index in [1.807, 2.05) is 11.8 Å². The summed E-state index contributed by atoms with van der Waals surface area (Å²) < 4.78 is 0.779. The molecule has 0 aliphatic carbocycles. The fourth-order valence-electron chi connectivity index (χ4n) is 2.23. The fraction of sp³-hybridized carbons (Fsp3) is 0.462. The van der Waals surface area contributed by atoms with Crippen LogP contribution in [-0.4, -0.2) is 29.9 Å². The minimum absolute atomic E-state index is 0. The summed E-state index contributed by atoms with van der Waals surface area (Å²) in [6.45, 7) is 3.49. The van der Waals surface area contributed by atoms with E-state index in [0.29, 0.717) is 16.5 Å². The first-order chi connectivity index (χ1) is 8.49. The van der Waals surface area contributed by atoms with Crippen LogP contribution in [0.2, 0.25) is 5.02 Å². The second-order valence-electron chi connectivity index (χ2n) is 4.78. The van der Waals surface area contributed by atoms with Crippen molar-refractivity contribution in [1.82, 2.24) is 4.90 Å². The second-order valence-corrected chi connectivity index (χ2v) is 6.07. The maximum absolute atomic E-state index is 12.4. The lowest BCUT2D eigenvalue weighted by Crippen LogP contribution is -2.33. The van der Waals surface area contributed by atoms with Crippen molar-refractivity contribution in [3.8, 4) is 0 Å². The van der Waals surface area contributed by atoms with Crippen LogP contribution < -0.4 is 5.73 Å². The van der Waals surface area contributed by atoms with Gasteiger partial charge in [-0.05, 0) is 53.4 Å². The van der Waals surface area contributed by atoms with Gasteiger partial charge in [0, 0.05) is 28.6 Å². The monoisotopic (exact) mass is 366 g/mol. The highest BCUT2D eigenvalue weighted by molar-refractivity contribution is 9.10. The number of nitrogens with zero attached hydrogens (tertiary/aromatic N) is 1. The van der Waals surface area contributed by atoms with Crippen LogP contribution in [0, 0.1) is 5.92 Å². The number of hydrogen-bond acceptors (Lipinski definition) is 2. The average Bonchev–Trinajstić information content (AvgIpc) is 2.81. The molecule has 0 bridgehead atoms. The summed E-state index contributed by atoms with van der Waals surface area (Å²) in [5, 5.41) is 0.574. The molecule has 1 aromatic rings. The highest BCUT2D eigenvalue weighted by Gasteiger charge is 2.29. The molecule has 0 radical (unpaired) electrons. The Morgan fingerprint density at radius 2 is 2.26 bits per heavy atom. The third kappa shape index (κ3) is 3.85. The number of halogens is 3. The highest BCUT2D eigenvalue weighted by atomic mass is 79.9. The molecule has 0 saturated carbocycles. The number of carbonyl (C=O) groups excluding carboxylic acids is 1. The van der Waals surface area contributed by atoms with Crippen molar-refractivity contribution < 1.29 is 4.79 Å². The van der Waals surface area contributed by atoms with Gasteiger partial charge in [0.05, 0.1) is 5.56 Å². The second kappa shape index (κ2) is 6.93. The van der Waals surface area contributed by atoms with Gasteiger partial charge in [-0.25, -0.2) is 0 Å². The van der Waals surface area contributed by atoms with Crippen molar-refractivity contribution >= 4 is 45.8 Å². The van der Waals surface area contributed by atoms with Crippen LogP contribution in [0.4, 0.5) is 0 Å². The molecule has 6 heteroatoms. The molecule has 1 saturated heterocycles. The van der Waals surface area contributed by atoms with Crippen LogP contribution in [0.3, 0.4) is 0 Å². The minimum Gasteiger partial charge on any atom is -0.338 e. The van der Waals surface area contributed by atoms with Gasteiger partial charge < -0.3 is 10.6 Å². The molecule has 19 heavy (non-hydrogen) atoms. The Labute approximate surface area is 133 Å². The number of carbonyl (C=O) groups is 1. The normalized spacial score (nSPS) is 20.0. The number of benzene rings is 1. The zero-order chi connectivity index (χ0) is 13.3. The molecule has 2 N–H and O–H groups in total. The SMILES string of the molecule is CC(N)C1CCN(C(=O)c2cc(Cl)ccc2Br)C1.Cl. The van der Waals surface area contributed by atoms with Gasteiger partial charge >= 0.3 is 0 Å². The lowest BCUT2D eigenvalue weighted by molar-refractivity contribution is 0.0785. The summed E-state index contributed by atoms with van der Waals surface area (Å²) >= 11 is 9.33. The van der Waals surface area contributed by atoms with Gasteiger partial charge in [-0.15, -0.1) is 12.4 Å². The van der Waals surface area contributed by atoms with Crippen LogP contribution in [-0.2, 0) is 0 Å². The largest absolute Gasteiger partial charge is 0.338 e. The van der Waals surface area contributed by atoms with Crippen molar-refractivity contribution in [3.05, 3.63) is 33.3 Å². The summed E-state index contributed by atoms with van der Waals surface area (Å²) in [4.78, 5) is 14.2. The maximum Gasteiger partial charge on any atom is 0.255 e. The van der Waals surface area contributed by atoms with Crippen molar-refractivity contribution in [1.29, 1.82) is 0 Å². The quantitative estimate of drug-likeness (QED) is 0.871. The molecule has 106 valence electrons. The van der Waals surface area contributed by atoms with Gasteiger partial charge in [-0.2, -0.15) is 0 Å². The zero-order valence-corrected chi connectivity index (χ0v) is 13.8. The highest BCUT2D eigenvalue weighted by Crippen LogP contribution is 2.26. The van der Waals surface area contributed by atoms with Crippen molar-refractivity contribution in [3.63, 3.8) is 0 Å². The smallest absolute Gasteiger partial charge is 0.255 e. The van der Waals surface area contributed by atoms with Crippen molar-refractivity contribution in [2.45, 2.75) is 19.4 Å². The lowest BCUT2D eigenvalue weighted by atomic mass is 10.0. The summed E-state index contributed by atoms with van der Waals surface area (Å²) in [6, 6.07) is 5.39. The predicted octanol–water partition coefficient (Wildman–Crippen LogP) is 3.33. The molecule has 2 atom stereocenters.